The Morgan fingerprint density at radius 1 is 1.35 bits per heavy atom. The molecular weight excluding hydrogens is 214 g/mol. The number of aromatic nitrogens is 3. The smallest absolute Gasteiger partial charge is 0.244 e. The molecule has 0 amide bonds. The maximum atomic E-state index is 5.86. The van der Waals surface area contributed by atoms with E-state index in [4.69, 9.17) is 5.73 Å². The summed E-state index contributed by atoms with van der Waals surface area (Å²) in [5.41, 5.74) is 7.94. The van der Waals surface area contributed by atoms with Gasteiger partial charge < -0.3 is 11.1 Å². The average Bonchev–Trinajstić information content (AvgIpc) is 2.68. The second-order valence-electron chi connectivity index (χ2n) is 3.92. The zero-order chi connectivity index (χ0) is 12.3. The summed E-state index contributed by atoms with van der Waals surface area (Å²) in [6.07, 6.45) is 1.03. The Morgan fingerprint density at radius 2 is 2.12 bits per heavy atom. The topological polar surface area (TPSA) is 68.8 Å². The molecule has 0 aliphatic heterocycles. The average molecular weight is 231 g/mol. The maximum absolute atomic E-state index is 5.86. The van der Waals surface area contributed by atoms with E-state index in [0.29, 0.717) is 11.9 Å². The molecule has 5 heteroatoms. The van der Waals surface area contributed by atoms with Crippen molar-refractivity contribution in [2.75, 3.05) is 17.6 Å². The molecule has 0 saturated carbocycles. The van der Waals surface area contributed by atoms with E-state index in [0.717, 1.165) is 24.2 Å². The van der Waals surface area contributed by atoms with Crippen LogP contribution in [0, 0.1) is 6.92 Å². The van der Waals surface area contributed by atoms with E-state index in [1.807, 2.05) is 31.2 Å². The summed E-state index contributed by atoms with van der Waals surface area (Å²) in [6.45, 7) is 4.96. The summed E-state index contributed by atoms with van der Waals surface area (Å²) >= 11 is 0. The fourth-order valence-corrected chi connectivity index (χ4v) is 1.61. The van der Waals surface area contributed by atoms with Gasteiger partial charge in [0.2, 0.25) is 11.9 Å². The summed E-state index contributed by atoms with van der Waals surface area (Å²) in [5.74, 6) is 0.977. The summed E-state index contributed by atoms with van der Waals surface area (Å²) < 4.78 is 1.66. The van der Waals surface area contributed by atoms with Gasteiger partial charge in [-0.3, -0.25) is 0 Å². The van der Waals surface area contributed by atoms with Crippen molar-refractivity contribution in [3.63, 3.8) is 0 Å². The Kier molecular flexibility index (Phi) is 3.27. The molecule has 0 aliphatic rings. The Hall–Kier alpha value is -2.04. The summed E-state index contributed by atoms with van der Waals surface area (Å²) in [7, 11) is 0. The number of aryl methyl sites for hydroxylation is 1. The number of hydrogen-bond donors (Lipinski definition) is 2. The molecule has 0 aliphatic carbocycles. The lowest BCUT2D eigenvalue weighted by atomic mass is 10.2. The van der Waals surface area contributed by atoms with E-state index in [-0.39, 0.29) is 0 Å². The lowest BCUT2D eigenvalue weighted by Gasteiger charge is -2.05. The largest absolute Gasteiger partial charge is 0.368 e. The Bertz CT molecular complexity index is 503. The van der Waals surface area contributed by atoms with Crippen molar-refractivity contribution < 1.29 is 0 Å². The number of benzene rings is 1. The number of para-hydroxylation sites is 1. The van der Waals surface area contributed by atoms with Crippen LogP contribution in [0.4, 0.5) is 11.9 Å². The highest BCUT2D eigenvalue weighted by Gasteiger charge is 2.09. The van der Waals surface area contributed by atoms with Crippen molar-refractivity contribution in [2.45, 2.75) is 20.3 Å². The first-order valence-electron chi connectivity index (χ1n) is 5.74. The standard InChI is InChI=1S/C12H17N5/c1-3-8-14-12-15-11(13)17(16-12)10-7-5-4-6-9(10)2/h4-7H,3,8H2,1-2H3,(H3,13,14,15,16). The molecule has 1 heterocycles. The molecule has 0 radical (unpaired) electrons. The van der Waals surface area contributed by atoms with Crippen LogP contribution in [0.25, 0.3) is 5.69 Å². The zero-order valence-corrected chi connectivity index (χ0v) is 10.1. The van der Waals surface area contributed by atoms with E-state index in [9.17, 15) is 0 Å². The third kappa shape index (κ3) is 2.38. The van der Waals surface area contributed by atoms with E-state index in [1.54, 1.807) is 4.68 Å². The van der Waals surface area contributed by atoms with Crippen LogP contribution in [0.5, 0.6) is 0 Å². The van der Waals surface area contributed by atoms with Crippen LogP contribution in [0.3, 0.4) is 0 Å². The van der Waals surface area contributed by atoms with Gasteiger partial charge >= 0.3 is 0 Å². The molecule has 2 aromatic rings. The predicted molar refractivity (Wildman–Crippen MR) is 69.3 cm³/mol. The van der Waals surface area contributed by atoms with Crippen LogP contribution in [-0.2, 0) is 0 Å². The van der Waals surface area contributed by atoms with Gasteiger partial charge in [0.15, 0.2) is 0 Å². The molecule has 0 saturated heterocycles. The van der Waals surface area contributed by atoms with Gasteiger partial charge in [0.25, 0.3) is 0 Å². The summed E-state index contributed by atoms with van der Waals surface area (Å²) in [6, 6.07) is 7.95. The maximum Gasteiger partial charge on any atom is 0.244 e. The van der Waals surface area contributed by atoms with Crippen molar-refractivity contribution in [2.24, 2.45) is 0 Å². The lowest BCUT2D eigenvalue weighted by molar-refractivity contribution is 0.874. The first-order chi connectivity index (χ1) is 8.22. The minimum atomic E-state index is 0.401. The summed E-state index contributed by atoms with van der Waals surface area (Å²) in [5, 5.41) is 7.47. The minimum Gasteiger partial charge on any atom is -0.368 e. The fraction of sp³-hybridized carbons (Fsp3) is 0.333. The second kappa shape index (κ2) is 4.86. The number of nitrogens with two attached hydrogens (primary N) is 1. The van der Waals surface area contributed by atoms with Gasteiger partial charge in [-0.1, -0.05) is 25.1 Å². The van der Waals surface area contributed by atoms with Crippen molar-refractivity contribution in [1.82, 2.24) is 14.8 Å². The van der Waals surface area contributed by atoms with Gasteiger partial charge in [-0.25, -0.2) is 0 Å². The quantitative estimate of drug-likeness (QED) is 0.844. The van der Waals surface area contributed by atoms with Crippen molar-refractivity contribution in [1.29, 1.82) is 0 Å². The van der Waals surface area contributed by atoms with Crippen molar-refractivity contribution in [3.8, 4) is 5.69 Å². The highest BCUT2D eigenvalue weighted by molar-refractivity contribution is 5.46. The zero-order valence-electron chi connectivity index (χ0n) is 10.1. The van der Waals surface area contributed by atoms with Crippen LogP contribution in [0.15, 0.2) is 24.3 Å². The number of nitrogen functional groups attached to an aromatic ring is 1. The van der Waals surface area contributed by atoms with E-state index in [1.165, 1.54) is 0 Å². The van der Waals surface area contributed by atoms with Crippen LogP contribution in [-0.4, -0.2) is 21.3 Å². The van der Waals surface area contributed by atoms with Gasteiger partial charge in [0.05, 0.1) is 5.69 Å². The summed E-state index contributed by atoms with van der Waals surface area (Å²) in [4.78, 5) is 4.18. The molecule has 3 N–H and O–H groups in total. The molecule has 5 nitrogen and oxygen atoms in total. The first-order valence-corrected chi connectivity index (χ1v) is 5.74. The number of anilines is 2. The molecule has 0 spiro atoms. The fourth-order valence-electron chi connectivity index (χ4n) is 1.61. The molecule has 0 atom stereocenters. The van der Waals surface area contributed by atoms with Crippen LogP contribution in [0.2, 0.25) is 0 Å². The molecule has 1 aromatic carbocycles. The molecular formula is C12H17N5. The highest BCUT2D eigenvalue weighted by Crippen LogP contribution is 2.16. The third-order valence-corrected chi connectivity index (χ3v) is 2.51. The SMILES string of the molecule is CCCNc1nc(N)n(-c2ccccc2C)n1. The highest BCUT2D eigenvalue weighted by atomic mass is 15.4. The normalized spacial score (nSPS) is 10.5. The van der Waals surface area contributed by atoms with Crippen LogP contribution >= 0.6 is 0 Å². The van der Waals surface area contributed by atoms with Crippen molar-refractivity contribution >= 4 is 11.9 Å². The van der Waals surface area contributed by atoms with Crippen LogP contribution in [0.1, 0.15) is 18.9 Å². The number of rotatable bonds is 4. The van der Waals surface area contributed by atoms with Gasteiger partial charge in [0.1, 0.15) is 0 Å². The van der Waals surface area contributed by atoms with E-state index in [2.05, 4.69) is 22.3 Å². The molecule has 0 bridgehead atoms. The van der Waals surface area contributed by atoms with Crippen molar-refractivity contribution in [3.05, 3.63) is 29.8 Å². The first kappa shape index (κ1) is 11.4. The molecule has 90 valence electrons. The molecule has 2 rings (SSSR count). The monoisotopic (exact) mass is 231 g/mol. The van der Waals surface area contributed by atoms with Gasteiger partial charge in [-0.2, -0.15) is 9.67 Å². The number of nitrogens with zero attached hydrogens (tertiary/aromatic N) is 3. The van der Waals surface area contributed by atoms with Gasteiger partial charge in [-0.15, -0.1) is 5.10 Å². The third-order valence-electron chi connectivity index (χ3n) is 2.51. The molecule has 1 aromatic heterocycles. The van der Waals surface area contributed by atoms with E-state index < -0.39 is 0 Å². The van der Waals surface area contributed by atoms with Gasteiger partial charge in [-0.05, 0) is 25.0 Å². The van der Waals surface area contributed by atoms with Crippen LogP contribution < -0.4 is 11.1 Å². The molecule has 17 heavy (non-hydrogen) atoms. The molecule has 0 fully saturated rings. The predicted octanol–water partition coefficient (Wildman–Crippen LogP) is 1.98. The Morgan fingerprint density at radius 3 is 2.82 bits per heavy atom. The number of hydrogen-bond acceptors (Lipinski definition) is 4. The Balaban J connectivity index is 2.33. The molecule has 0 unspecified atom stereocenters. The van der Waals surface area contributed by atoms with E-state index >= 15 is 0 Å². The number of nitrogens with one attached hydrogen (secondary N) is 1. The second-order valence-corrected chi connectivity index (χ2v) is 3.92. The Labute approximate surface area is 101 Å². The van der Waals surface area contributed by atoms with Gasteiger partial charge in [0, 0.05) is 6.54 Å². The minimum absolute atomic E-state index is 0.401. The lowest BCUT2D eigenvalue weighted by Crippen LogP contribution is -2.04.